The first-order valence-electron chi connectivity index (χ1n) is 6.96. The van der Waals surface area contributed by atoms with Crippen molar-refractivity contribution in [2.45, 2.75) is 25.9 Å². The van der Waals surface area contributed by atoms with Crippen LogP contribution in [0.1, 0.15) is 34.3 Å². The SMILES string of the molecule is Cc1ccc(C=CC(=O)O)cc1C(=O)N1CCCC(O)C1. The molecule has 1 atom stereocenters. The van der Waals surface area contributed by atoms with Gasteiger partial charge in [0.2, 0.25) is 0 Å². The maximum absolute atomic E-state index is 12.5. The molecule has 0 aliphatic carbocycles. The number of carboxylic acid groups (broad SMARTS) is 1. The highest BCUT2D eigenvalue weighted by Crippen LogP contribution is 2.18. The van der Waals surface area contributed by atoms with Gasteiger partial charge in [-0.3, -0.25) is 4.79 Å². The largest absolute Gasteiger partial charge is 0.478 e. The Labute approximate surface area is 123 Å². The summed E-state index contributed by atoms with van der Waals surface area (Å²) in [6.45, 7) is 2.84. The number of rotatable bonds is 3. The van der Waals surface area contributed by atoms with Gasteiger partial charge in [0.1, 0.15) is 0 Å². The van der Waals surface area contributed by atoms with Crippen LogP contribution in [0.25, 0.3) is 6.08 Å². The molecule has 2 rings (SSSR count). The summed E-state index contributed by atoms with van der Waals surface area (Å²) >= 11 is 0. The average Bonchev–Trinajstić information content (AvgIpc) is 2.45. The minimum Gasteiger partial charge on any atom is -0.478 e. The molecule has 0 bridgehead atoms. The molecule has 0 spiro atoms. The van der Waals surface area contributed by atoms with E-state index in [1.807, 2.05) is 6.92 Å². The van der Waals surface area contributed by atoms with Crippen LogP contribution in [-0.2, 0) is 4.79 Å². The van der Waals surface area contributed by atoms with E-state index in [0.29, 0.717) is 24.2 Å². The first-order valence-corrected chi connectivity index (χ1v) is 6.96. The number of carbonyl (C=O) groups is 2. The third-order valence-corrected chi connectivity index (χ3v) is 3.59. The fraction of sp³-hybridized carbons (Fsp3) is 0.375. The second-order valence-corrected chi connectivity index (χ2v) is 5.29. The van der Waals surface area contributed by atoms with Gasteiger partial charge in [0.15, 0.2) is 0 Å². The molecule has 1 unspecified atom stereocenters. The van der Waals surface area contributed by atoms with Crippen molar-refractivity contribution in [3.05, 3.63) is 41.0 Å². The molecular formula is C16H19NO4. The summed E-state index contributed by atoms with van der Waals surface area (Å²) in [4.78, 5) is 24.7. The summed E-state index contributed by atoms with van der Waals surface area (Å²) in [5.41, 5.74) is 2.06. The molecular weight excluding hydrogens is 270 g/mol. The number of aliphatic hydroxyl groups excluding tert-OH is 1. The molecule has 0 aromatic heterocycles. The Hall–Kier alpha value is -2.14. The highest BCUT2D eigenvalue weighted by molar-refractivity contribution is 5.96. The molecule has 1 aliphatic rings. The average molecular weight is 289 g/mol. The number of likely N-dealkylation sites (tertiary alicyclic amines) is 1. The lowest BCUT2D eigenvalue weighted by Gasteiger charge is -2.30. The number of carboxylic acids is 1. The number of piperidine rings is 1. The van der Waals surface area contributed by atoms with Gasteiger partial charge in [-0.05, 0) is 43.0 Å². The molecule has 0 radical (unpaired) electrons. The fourth-order valence-corrected chi connectivity index (χ4v) is 2.45. The Balaban J connectivity index is 2.23. The van der Waals surface area contributed by atoms with Crippen molar-refractivity contribution in [2.24, 2.45) is 0 Å². The van der Waals surface area contributed by atoms with Gasteiger partial charge in [0, 0.05) is 24.7 Å². The van der Waals surface area contributed by atoms with E-state index in [9.17, 15) is 14.7 Å². The summed E-state index contributed by atoms with van der Waals surface area (Å²) in [7, 11) is 0. The van der Waals surface area contributed by atoms with Crippen LogP contribution in [0.5, 0.6) is 0 Å². The van der Waals surface area contributed by atoms with Gasteiger partial charge >= 0.3 is 5.97 Å². The smallest absolute Gasteiger partial charge is 0.328 e. The summed E-state index contributed by atoms with van der Waals surface area (Å²) in [5, 5.41) is 18.3. The first kappa shape index (κ1) is 15.3. The molecule has 1 heterocycles. The minimum absolute atomic E-state index is 0.114. The van der Waals surface area contributed by atoms with E-state index in [-0.39, 0.29) is 5.91 Å². The van der Waals surface area contributed by atoms with Crippen LogP contribution in [0.2, 0.25) is 0 Å². The van der Waals surface area contributed by atoms with Crippen LogP contribution in [0, 0.1) is 6.92 Å². The maximum atomic E-state index is 12.5. The molecule has 5 nitrogen and oxygen atoms in total. The Kier molecular flexibility index (Phi) is 4.75. The van der Waals surface area contributed by atoms with Gasteiger partial charge in [0.25, 0.3) is 5.91 Å². The normalized spacial score (nSPS) is 19.0. The monoisotopic (exact) mass is 289 g/mol. The lowest BCUT2D eigenvalue weighted by Crippen LogP contribution is -2.42. The van der Waals surface area contributed by atoms with Crippen molar-refractivity contribution < 1.29 is 19.8 Å². The van der Waals surface area contributed by atoms with Gasteiger partial charge in [0.05, 0.1) is 6.10 Å². The molecule has 1 aromatic carbocycles. The molecule has 1 fully saturated rings. The number of amides is 1. The van der Waals surface area contributed by atoms with E-state index in [1.165, 1.54) is 6.08 Å². The zero-order chi connectivity index (χ0) is 15.4. The van der Waals surface area contributed by atoms with Crippen molar-refractivity contribution in [1.29, 1.82) is 0 Å². The molecule has 1 saturated heterocycles. The molecule has 1 aromatic rings. The Morgan fingerprint density at radius 2 is 2.14 bits per heavy atom. The molecule has 112 valence electrons. The predicted molar refractivity (Wildman–Crippen MR) is 79.0 cm³/mol. The van der Waals surface area contributed by atoms with Gasteiger partial charge in [-0.15, -0.1) is 0 Å². The number of β-amino-alcohol motifs (C(OH)–C–C–N with tert-alkyl or cyclic N) is 1. The summed E-state index contributed by atoms with van der Waals surface area (Å²) in [6.07, 6.45) is 3.57. The van der Waals surface area contributed by atoms with E-state index in [0.717, 1.165) is 24.5 Å². The van der Waals surface area contributed by atoms with Crippen LogP contribution in [0.15, 0.2) is 24.3 Å². The zero-order valence-electron chi connectivity index (χ0n) is 12.0. The van der Waals surface area contributed by atoms with Gasteiger partial charge in [-0.25, -0.2) is 4.79 Å². The quantitative estimate of drug-likeness (QED) is 0.830. The maximum Gasteiger partial charge on any atom is 0.328 e. The van der Waals surface area contributed by atoms with Crippen LogP contribution < -0.4 is 0 Å². The van der Waals surface area contributed by atoms with E-state index in [1.54, 1.807) is 23.1 Å². The third kappa shape index (κ3) is 3.92. The fourth-order valence-electron chi connectivity index (χ4n) is 2.45. The number of carbonyl (C=O) groups excluding carboxylic acids is 1. The van der Waals surface area contributed by atoms with E-state index in [2.05, 4.69) is 0 Å². The number of benzene rings is 1. The minimum atomic E-state index is -1.03. The van der Waals surface area contributed by atoms with Gasteiger partial charge < -0.3 is 15.1 Å². The summed E-state index contributed by atoms with van der Waals surface area (Å²) in [5.74, 6) is -1.14. The number of aliphatic carboxylic acids is 1. The van der Waals surface area contributed by atoms with Gasteiger partial charge in [-0.2, -0.15) is 0 Å². The number of aliphatic hydroxyl groups is 1. The first-order chi connectivity index (χ1) is 9.97. The molecule has 0 saturated carbocycles. The lowest BCUT2D eigenvalue weighted by atomic mass is 10.0. The highest BCUT2D eigenvalue weighted by Gasteiger charge is 2.24. The third-order valence-electron chi connectivity index (χ3n) is 3.59. The lowest BCUT2D eigenvalue weighted by molar-refractivity contribution is -0.131. The number of nitrogens with zero attached hydrogens (tertiary/aromatic N) is 1. The Morgan fingerprint density at radius 3 is 2.81 bits per heavy atom. The molecule has 1 amide bonds. The van der Waals surface area contributed by atoms with Crippen molar-refractivity contribution in [3.8, 4) is 0 Å². The Bertz CT molecular complexity index is 580. The zero-order valence-corrected chi connectivity index (χ0v) is 12.0. The standard InChI is InChI=1S/C16H19NO4/c1-11-4-5-12(6-7-15(19)20)9-14(11)16(21)17-8-2-3-13(18)10-17/h4-7,9,13,18H,2-3,8,10H2,1H3,(H,19,20). The van der Waals surface area contributed by atoms with Crippen molar-refractivity contribution in [3.63, 3.8) is 0 Å². The van der Waals surface area contributed by atoms with E-state index >= 15 is 0 Å². The number of hydrogen-bond donors (Lipinski definition) is 2. The molecule has 2 N–H and O–H groups in total. The van der Waals surface area contributed by atoms with Crippen molar-refractivity contribution in [1.82, 2.24) is 4.90 Å². The second-order valence-electron chi connectivity index (χ2n) is 5.29. The highest BCUT2D eigenvalue weighted by atomic mass is 16.4. The molecule has 5 heteroatoms. The number of aryl methyl sites for hydroxylation is 1. The topological polar surface area (TPSA) is 77.8 Å². The second kappa shape index (κ2) is 6.54. The summed E-state index contributed by atoms with van der Waals surface area (Å²) in [6, 6.07) is 5.27. The van der Waals surface area contributed by atoms with Crippen LogP contribution in [0.4, 0.5) is 0 Å². The molecule has 21 heavy (non-hydrogen) atoms. The van der Waals surface area contributed by atoms with Crippen LogP contribution >= 0.6 is 0 Å². The van der Waals surface area contributed by atoms with Crippen molar-refractivity contribution in [2.75, 3.05) is 13.1 Å². The van der Waals surface area contributed by atoms with Crippen LogP contribution in [-0.4, -0.2) is 46.2 Å². The predicted octanol–water partition coefficient (Wildman–Crippen LogP) is 1.69. The van der Waals surface area contributed by atoms with Gasteiger partial charge in [-0.1, -0.05) is 12.1 Å². The van der Waals surface area contributed by atoms with E-state index < -0.39 is 12.1 Å². The van der Waals surface area contributed by atoms with Crippen molar-refractivity contribution >= 4 is 18.0 Å². The molecule has 1 aliphatic heterocycles. The van der Waals surface area contributed by atoms with E-state index in [4.69, 9.17) is 5.11 Å². The number of hydrogen-bond acceptors (Lipinski definition) is 3. The summed E-state index contributed by atoms with van der Waals surface area (Å²) < 4.78 is 0. The van der Waals surface area contributed by atoms with Crippen LogP contribution in [0.3, 0.4) is 0 Å². The Morgan fingerprint density at radius 1 is 1.38 bits per heavy atom.